The van der Waals surface area contributed by atoms with E-state index >= 15 is 0 Å². The maximum Gasteiger partial charge on any atom is 0.200 e. The van der Waals surface area contributed by atoms with Gasteiger partial charge in [-0.25, -0.2) is 0 Å². The Labute approximate surface area is 74.7 Å². The zero-order valence-corrected chi connectivity index (χ0v) is 7.55. The highest BCUT2D eigenvalue weighted by molar-refractivity contribution is 6.56. The van der Waals surface area contributed by atoms with Crippen LogP contribution in [-0.4, -0.2) is 31.6 Å². The molecule has 0 aromatic heterocycles. The molecule has 1 heterocycles. The summed E-state index contributed by atoms with van der Waals surface area (Å²) < 4.78 is 0. The van der Waals surface area contributed by atoms with Crippen molar-refractivity contribution in [1.82, 2.24) is 4.90 Å². The molecule has 64 valence electrons. The molecule has 2 radical (unpaired) electrons. The summed E-state index contributed by atoms with van der Waals surface area (Å²) in [5.41, 5.74) is 0.384. The molecule has 0 bridgehead atoms. The fraction of sp³-hybridized carbons (Fsp3) is 0.889. The lowest BCUT2D eigenvalue weighted by Gasteiger charge is -2.22. The van der Waals surface area contributed by atoms with Crippen molar-refractivity contribution < 1.29 is 4.79 Å². The molecule has 2 fully saturated rings. The fourth-order valence-corrected chi connectivity index (χ4v) is 2.76. The van der Waals surface area contributed by atoms with Crippen LogP contribution in [0.5, 0.6) is 0 Å². The number of likely N-dealkylation sites (tertiary alicyclic amines) is 1. The Balaban J connectivity index is 2.11. The van der Waals surface area contributed by atoms with Crippen molar-refractivity contribution in [1.29, 1.82) is 0 Å². The van der Waals surface area contributed by atoms with Crippen molar-refractivity contribution in [3.63, 3.8) is 0 Å². The molecule has 2 atom stereocenters. The SMILES string of the molecule is [B]C(=O)N1C[C@@H]2CCC[C@]2(C)C1. The molecule has 2 nitrogen and oxygen atoms in total. The Kier molecular flexibility index (Phi) is 1.70. The molecule has 0 unspecified atom stereocenters. The van der Waals surface area contributed by atoms with E-state index in [9.17, 15) is 4.79 Å². The minimum absolute atomic E-state index is 0.245. The van der Waals surface area contributed by atoms with Crippen LogP contribution in [0, 0.1) is 11.3 Å². The van der Waals surface area contributed by atoms with E-state index in [1.165, 1.54) is 19.3 Å². The van der Waals surface area contributed by atoms with Gasteiger partial charge in [-0.1, -0.05) is 13.3 Å². The average Bonchev–Trinajstić information content (AvgIpc) is 2.41. The van der Waals surface area contributed by atoms with Gasteiger partial charge >= 0.3 is 0 Å². The van der Waals surface area contributed by atoms with Crippen molar-refractivity contribution >= 4 is 13.7 Å². The lowest BCUT2D eigenvalue weighted by Crippen LogP contribution is -2.29. The number of nitrogens with zero attached hydrogens (tertiary/aromatic N) is 1. The predicted molar refractivity (Wildman–Crippen MR) is 48.2 cm³/mol. The van der Waals surface area contributed by atoms with Crippen LogP contribution in [0.15, 0.2) is 0 Å². The van der Waals surface area contributed by atoms with E-state index in [1.807, 2.05) is 0 Å². The minimum Gasteiger partial charge on any atom is -0.352 e. The van der Waals surface area contributed by atoms with Gasteiger partial charge in [-0.2, -0.15) is 0 Å². The summed E-state index contributed by atoms with van der Waals surface area (Å²) >= 11 is 0. The van der Waals surface area contributed by atoms with E-state index < -0.39 is 0 Å². The van der Waals surface area contributed by atoms with Gasteiger partial charge in [-0.05, 0) is 24.2 Å². The molecule has 1 aliphatic heterocycles. The topological polar surface area (TPSA) is 20.3 Å². The summed E-state index contributed by atoms with van der Waals surface area (Å²) in [6.45, 7) is 4.06. The van der Waals surface area contributed by atoms with Crippen molar-refractivity contribution in [2.75, 3.05) is 13.1 Å². The number of fused-ring (bicyclic) bond motifs is 1. The van der Waals surface area contributed by atoms with Gasteiger partial charge in [-0.15, -0.1) is 0 Å². The lowest BCUT2D eigenvalue weighted by atomic mass is 9.83. The monoisotopic (exact) mass is 163 g/mol. The van der Waals surface area contributed by atoms with Gasteiger partial charge in [0.15, 0.2) is 5.81 Å². The lowest BCUT2D eigenvalue weighted by molar-refractivity contribution is 0.223. The van der Waals surface area contributed by atoms with Crippen LogP contribution >= 0.6 is 0 Å². The quantitative estimate of drug-likeness (QED) is 0.494. The van der Waals surface area contributed by atoms with Crippen molar-refractivity contribution in [3.8, 4) is 0 Å². The summed E-state index contributed by atoms with van der Waals surface area (Å²) in [5, 5.41) is 0. The van der Waals surface area contributed by atoms with Crippen LogP contribution in [-0.2, 0) is 0 Å². The Morgan fingerprint density at radius 2 is 2.42 bits per heavy atom. The molecule has 0 N–H and O–H groups in total. The van der Waals surface area contributed by atoms with Gasteiger partial charge < -0.3 is 4.90 Å². The summed E-state index contributed by atoms with van der Waals surface area (Å²) in [7, 11) is 5.25. The highest BCUT2D eigenvalue weighted by Gasteiger charge is 2.46. The van der Waals surface area contributed by atoms with E-state index in [0.29, 0.717) is 11.3 Å². The van der Waals surface area contributed by atoms with E-state index in [1.54, 1.807) is 4.90 Å². The van der Waals surface area contributed by atoms with E-state index in [4.69, 9.17) is 7.85 Å². The van der Waals surface area contributed by atoms with Crippen LogP contribution in [0.25, 0.3) is 0 Å². The van der Waals surface area contributed by atoms with Gasteiger partial charge in [0, 0.05) is 13.1 Å². The van der Waals surface area contributed by atoms with E-state index in [0.717, 1.165) is 13.1 Å². The third-order valence-corrected chi connectivity index (χ3v) is 3.59. The summed E-state index contributed by atoms with van der Waals surface area (Å²) in [4.78, 5) is 12.7. The van der Waals surface area contributed by atoms with Gasteiger partial charge in [0.2, 0.25) is 7.85 Å². The zero-order valence-electron chi connectivity index (χ0n) is 7.55. The second-order valence-corrected chi connectivity index (χ2v) is 4.46. The Hall–Kier alpha value is -0.465. The number of amides is 1. The van der Waals surface area contributed by atoms with Gasteiger partial charge in [0.25, 0.3) is 0 Å². The first kappa shape index (κ1) is 8.15. The molecule has 3 heteroatoms. The predicted octanol–water partition coefficient (Wildman–Crippen LogP) is 1.40. The highest BCUT2D eigenvalue weighted by Crippen LogP contribution is 2.47. The molecule has 12 heavy (non-hydrogen) atoms. The van der Waals surface area contributed by atoms with E-state index in [-0.39, 0.29) is 5.81 Å². The zero-order chi connectivity index (χ0) is 8.77. The minimum atomic E-state index is -0.245. The Morgan fingerprint density at radius 1 is 1.67 bits per heavy atom. The average molecular weight is 163 g/mol. The molecule has 0 aromatic rings. The first-order valence-electron chi connectivity index (χ1n) is 4.66. The first-order chi connectivity index (χ1) is 5.62. The van der Waals surface area contributed by atoms with Crippen LogP contribution in [0.1, 0.15) is 26.2 Å². The second-order valence-electron chi connectivity index (χ2n) is 4.46. The second kappa shape index (κ2) is 2.51. The Morgan fingerprint density at radius 3 is 3.00 bits per heavy atom. The van der Waals surface area contributed by atoms with E-state index in [2.05, 4.69) is 6.92 Å². The molecule has 0 aromatic carbocycles. The standard InChI is InChI=1S/C9H14BNO/c1-9-4-2-3-7(9)5-11(6-9)8(10)12/h7H,2-6H2,1H3/t7-,9+/m0/s1. The van der Waals surface area contributed by atoms with Crippen molar-refractivity contribution in [3.05, 3.63) is 0 Å². The summed E-state index contributed by atoms with van der Waals surface area (Å²) in [5.74, 6) is 0.468. The molecule has 2 aliphatic rings. The maximum atomic E-state index is 10.9. The van der Waals surface area contributed by atoms with Crippen LogP contribution < -0.4 is 0 Å². The normalized spacial score (nSPS) is 40.1. The largest absolute Gasteiger partial charge is 0.352 e. The molecular formula is C9H14BNO. The molecular weight excluding hydrogens is 149 g/mol. The van der Waals surface area contributed by atoms with Crippen LogP contribution in [0.2, 0.25) is 0 Å². The molecule has 1 aliphatic carbocycles. The third-order valence-electron chi connectivity index (χ3n) is 3.59. The third kappa shape index (κ3) is 1.07. The molecule has 1 saturated heterocycles. The molecule has 0 spiro atoms. The number of rotatable bonds is 0. The smallest absolute Gasteiger partial charge is 0.200 e. The number of carbonyl (C=O) groups excluding carboxylic acids is 1. The summed E-state index contributed by atoms with van der Waals surface area (Å²) in [6, 6.07) is 0. The first-order valence-corrected chi connectivity index (χ1v) is 4.66. The van der Waals surface area contributed by atoms with Gasteiger partial charge in [0.1, 0.15) is 0 Å². The number of hydrogen-bond donors (Lipinski definition) is 0. The molecule has 2 rings (SSSR count). The van der Waals surface area contributed by atoms with Crippen molar-refractivity contribution in [2.45, 2.75) is 26.2 Å². The number of hydrogen-bond acceptors (Lipinski definition) is 1. The van der Waals surface area contributed by atoms with Crippen LogP contribution in [0.3, 0.4) is 0 Å². The molecule has 1 saturated carbocycles. The fourth-order valence-electron chi connectivity index (χ4n) is 2.76. The van der Waals surface area contributed by atoms with Crippen molar-refractivity contribution in [2.24, 2.45) is 11.3 Å². The van der Waals surface area contributed by atoms with Crippen LogP contribution in [0.4, 0.5) is 4.79 Å². The molecule has 1 amide bonds. The maximum absolute atomic E-state index is 10.9. The number of carbonyl (C=O) groups is 1. The van der Waals surface area contributed by atoms with Gasteiger partial charge in [0.05, 0.1) is 0 Å². The Bertz CT molecular complexity index is 219. The van der Waals surface area contributed by atoms with Gasteiger partial charge in [-0.3, -0.25) is 4.79 Å². The summed E-state index contributed by atoms with van der Waals surface area (Å²) in [6.07, 6.45) is 3.87. The highest BCUT2D eigenvalue weighted by atomic mass is 16.1.